The summed E-state index contributed by atoms with van der Waals surface area (Å²) in [5.41, 5.74) is 0. The van der Waals surface area contributed by atoms with Gasteiger partial charge in [-0.05, 0) is 25.0 Å². The predicted molar refractivity (Wildman–Crippen MR) is 76.2 cm³/mol. The summed E-state index contributed by atoms with van der Waals surface area (Å²) < 4.78 is 18.7. The second-order valence-corrected chi connectivity index (χ2v) is 5.37. The van der Waals surface area contributed by atoms with Crippen molar-refractivity contribution in [1.82, 2.24) is 4.90 Å². The van der Waals surface area contributed by atoms with Crippen molar-refractivity contribution >= 4 is 5.91 Å². The van der Waals surface area contributed by atoms with Crippen LogP contribution in [0.3, 0.4) is 0 Å². The number of likely N-dealkylation sites (N-methyl/N-ethyl adjacent to an activating group) is 1. The highest BCUT2D eigenvalue weighted by atomic mass is 19.1. The molecular formula is C16H22FNO2. The maximum absolute atomic E-state index is 13.4. The molecule has 0 N–H and O–H groups in total. The maximum Gasteiger partial charge on any atom is 0.260 e. The number of ether oxygens (including phenoxy) is 1. The summed E-state index contributed by atoms with van der Waals surface area (Å²) in [6, 6.07) is 6.46. The molecule has 1 aliphatic carbocycles. The van der Waals surface area contributed by atoms with Gasteiger partial charge in [0.2, 0.25) is 0 Å². The van der Waals surface area contributed by atoms with Gasteiger partial charge in [0.1, 0.15) is 0 Å². The van der Waals surface area contributed by atoms with Gasteiger partial charge in [0.15, 0.2) is 18.2 Å². The molecule has 1 aromatic carbocycles. The van der Waals surface area contributed by atoms with E-state index < -0.39 is 5.82 Å². The topological polar surface area (TPSA) is 29.5 Å². The second-order valence-electron chi connectivity index (χ2n) is 5.37. The van der Waals surface area contributed by atoms with Crippen LogP contribution in [0.25, 0.3) is 0 Å². The number of hydrogen-bond acceptors (Lipinski definition) is 2. The van der Waals surface area contributed by atoms with Crippen LogP contribution in [0.4, 0.5) is 4.39 Å². The minimum absolute atomic E-state index is 0.0832. The van der Waals surface area contributed by atoms with E-state index in [1.165, 1.54) is 37.8 Å². The Kier molecular flexibility index (Phi) is 5.39. The zero-order valence-electron chi connectivity index (χ0n) is 12.0. The summed E-state index contributed by atoms with van der Waals surface area (Å²) in [4.78, 5) is 13.9. The van der Waals surface area contributed by atoms with Crippen molar-refractivity contribution in [3.05, 3.63) is 30.1 Å². The van der Waals surface area contributed by atoms with Crippen LogP contribution in [-0.2, 0) is 4.79 Å². The number of rotatable bonds is 4. The summed E-state index contributed by atoms with van der Waals surface area (Å²) >= 11 is 0. The largest absolute Gasteiger partial charge is 0.481 e. The molecule has 3 nitrogen and oxygen atoms in total. The van der Waals surface area contributed by atoms with E-state index >= 15 is 0 Å². The Morgan fingerprint density at radius 1 is 1.25 bits per heavy atom. The van der Waals surface area contributed by atoms with Gasteiger partial charge in [-0.3, -0.25) is 4.79 Å². The molecule has 0 bridgehead atoms. The van der Waals surface area contributed by atoms with Gasteiger partial charge in [-0.2, -0.15) is 0 Å². The van der Waals surface area contributed by atoms with E-state index in [4.69, 9.17) is 4.74 Å². The van der Waals surface area contributed by atoms with Crippen LogP contribution >= 0.6 is 0 Å². The molecule has 4 heteroatoms. The van der Waals surface area contributed by atoms with Crippen LogP contribution in [0.15, 0.2) is 24.3 Å². The monoisotopic (exact) mass is 279 g/mol. The molecule has 1 saturated carbocycles. The third-order valence-corrected chi connectivity index (χ3v) is 3.95. The fourth-order valence-corrected chi connectivity index (χ4v) is 2.65. The van der Waals surface area contributed by atoms with Gasteiger partial charge < -0.3 is 9.64 Å². The Hall–Kier alpha value is -1.58. The first-order valence-corrected chi connectivity index (χ1v) is 7.31. The summed E-state index contributed by atoms with van der Waals surface area (Å²) in [5, 5.41) is 0. The van der Waals surface area contributed by atoms with E-state index in [0.717, 1.165) is 12.8 Å². The summed E-state index contributed by atoms with van der Waals surface area (Å²) in [6.45, 7) is -0.103. The molecule has 1 aliphatic rings. The molecule has 0 spiro atoms. The van der Waals surface area contributed by atoms with Crippen LogP contribution in [0.5, 0.6) is 5.75 Å². The first-order chi connectivity index (χ1) is 9.68. The van der Waals surface area contributed by atoms with Crippen LogP contribution in [0.2, 0.25) is 0 Å². The minimum atomic E-state index is -0.433. The average molecular weight is 279 g/mol. The fourth-order valence-electron chi connectivity index (χ4n) is 2.65. The lowest BCUT2D eigenvalue weighted by Gasteiger charge is -2.27. The lowest BCUT2D eigenvalue weighted by molar-refractivity contribution is -0.134. The number of carbonyl (C=O) groups excluding carboxylic acids is 1. The number of nitrogens with zero attached hydrogens (tertiary/aromatic N) is 1. The van der Waals surface area contributed by atoms with Gasteiger partial charge >= 0.3 is 0 Å². The summed E-state index contributed by atoms with van der Waals surface area (Å²) in [7, 11) is 1.82. The van der Waals surface area contributed by atoms with Crippen molar-refractivity contribution in [2.45, 2.75) is 44.6 Å². The molecule has 2 rings (SSSR count). The van der Waals surface area contributed by atoms with Crippen molar-refractivity contribution < 1.29 is 13.9 Å². The highest BCUT2D eigenvalue weighted by molar-refractivity contribution is 5.77. The minimum Gasteiger partial charge on any atom is -0.481 e. The van der Waals surface area contributed by atoms with Gasteiger partial charge in [-0.25, -0.2) is 4.39 Å². The molecule has 0 radical (unpaired) electrons. The van der Waals surface area contributed by atoms with Gasteiger partial charge in [-0.1, -0.05) is 37.8 Å². The molecule has 0 atom stereocenters. The molecule has 0 unspecified atom stereocenters. The van der Waals surface area contributed by atoms with Crippen LogP contribution in [-0.4, -0.2) is 30.5 Å². The normalized spacial score (nSPS) is 16.5. The first kappa shape index (κ1) is 14.8. The number of amides is 1. The molecular weight excluding hydrogens is 257 g/mol. The Morgan fingerprint density at radius 2 is 1.90 bits per heavy atom. The Bertz CT molecular complexity index is 442. The fraction of sp³-hybridized carbons (Fsp3) is 0.562. The smallest absolute Gasteiger partial charge is 0.260 e. The average Bonchev–Trinajstić information content (AvgIpc) is 2.74. The van der Waals surface area contributed by atoms with E-state index in [9.17, 15) is 9.18 Å². The number of halogens is 1. The van der Waals surface area contributed by atoms with E-state index in [-0.39, 0.29) is 18.3 Å². The zero-order valence-corrected chi connectivity index (χ0v) is 12.0. The molecule has 0 aliphatic heterocycles. The SMILES string of the molecule is CN(C(=O)COc1ccccc1F)C1CCCCCC1. The van der Waals surface area contributed by atoms with Crippen molar-refractivity contribution in [3.63, 3.8) is 0 Å². The second kappa shape index (κ2) is 7.27. The molecule has 0 aromatic heterocycles. The third kappa shape index (κ3) is 3.95. The predicted octanol–water partition coefficient (Wildman–Crippen LogP) is 3.39. The Balaban J connectivity index is 1.86. The molecule has 0 heterocycles. The molecule has 20 heavy (non-hydrogen) atoms. The van der Waals surface area contributed by atoms with Crippen LogP contribution in [0.1, 0.15) is 38.5 Å². The maximum atomic E-state index is 13.4. The molecule has 1 aromatic rings. The Morgan fingerprint density at radius 3 is 2.55 bits per heavy atom. The van der Waals surface area contributed by atoms with E-state index in [2.05, 4.69) is 0 Å². The van der Waals surface area contributed by atoms with E-state index in [0.29, 0.717) is 6.04 Å². The van der Waals surface area contributed by atoms with Gasteiger partial charge in [0.25, 0.3) is 5.91 Å². The van der Waals surface area contributed by atoms with Crippen LogP contribution < -0.4 is 4.74 Å². The number of benzene rings is 1. The number of hydrogen-bond donors (Lipinski definition) is 0. The van der Waals surface area contributed by atoms with Crippen molar-refractivity contribution in [2.75, 3.05) is 13.7 Å². The number of carbonyl (C=O) groups is 1. The third-order valence-electron chi connectivity index (χ3n) is 3.95. The number of para-hydroxylation sites is 1. The summed E-state index contributed by atoms with van der Waals surface area (Å²) in [6.07, 6.45) is 6.98. The van der Waals surface area contributed by atoms with Gasteiger partial charge in [-0.15, -0.1) is 0 Å². The van der Waals surface area contributed by atoms with Gasteiger partial charge in [0, 0.05) is 13.1 Å². The lowest BCUT2D eigenvalue weighted by atomic mass is 10.1. The standard InChI is InChI=1S/C16H22FNO2/c1-18(13-8-4-2-3-5-9-13)16(19)12-20-15-11-7-6-10-14(15)17/h6-7,10-11,13H,2-5,8-9,12H2,1H3. The highest BCUT2D eigenvalue weighted by Gasteiger charge is 2.21. The quantitative estimate of drug-likeness (QED) is 0.791. The van der Waals surface area contributed by atoms with Crippen molar-refractivity contribution in [3.8, 4) is 5.75 Å². The highest BCUT2D eigenvalue weighted by Crippen LogP contribution is 2.21. The lowest BCUT2D eigenvalue weighted by Crippen LogP contribution is -2.39. The molecule has 1 amide bonds. The van der Waals surface area contributed by atoms with Crippen molar-refractivity contribution in [1.29, 1.82) is 0 Å². The summed E-state index contributed by atoms with van der Waals surface area (Å²) in [5.74, 6) is -0.382. The molecule has 110 valence electrons. The molecule has 0 saturated heterocycles. The first-order valence-electron chi connectivity index (χ1n) is 7.31. The van der Waals surface area contributed by atoms with E-state index in [1.54, 1.807) is 17.0 Å². The van der Waals surface area contributed by atoms with Crippen LogP contribution in [0, 0.1) is 5.82 Å². The zero-order chi connectivity index (χ0) is 14.4. The van der Waals surface area contributed by atoms with Gasteiger partial charge in [0.05, 0.1) is 0 Å². The van der Waals surface area contributed by atoms with Crippen molar-refractivity contribution in [2.24, 2.45) is 0 Å². The van der Waals surface area contributed by atoms with E-state index in [1.807, 2.05) is 7.05 Å². The Labute approximate surface area is 119 Å². The molecule has 1 fully saturated rings.